The average molecular weight is 378 g/mol. The molecule has 2 aromatic heterocycles. The van der Waals surface area contributed by atoms with E-state index in [9.17, 15) is 9.59 Å². The molecule has 1 N–H and O–H groups in total. The highest BCUT2D eigenvalue weighted by Gasteiger charge is 2.13. The van der Waals surface area contributed by atoms with Crippen LogP contribution in [0.1, 0.15) is 11.4 Å². The zero-order valence-electron chi connectivity index (χ0n) is 13.7. The van der Waals surface area contributed by atoms with E-state index in [4.69, 9.17) is 16.3 Å². The summed E-state index contributed by atoms with van der Waals surface area (Å²) in [6.45, 7) is 1.96. The van der Waals surface area contributed by atoms with Crippen molar-refractivity contribution in [2.45, 2.75) is 13.5 Å². The number of likely N-dealkylation sites (N-methyl/N-ethyl adjacent to an activating group) is 1. The van der Waals surface area contributed by atoms with E-state index in [0.29, 0.717) is 26.8 Å². The van der Waals surface area contributed by atoms with Crippen LogP contribution >= 0.6 is 22.9 Å². The molecule has 3 rings (SSSR count). The van der Waals surface area contributed by atoms with Gasteiger partial charge in [0.25, 0.3) is 11.5 Å². The number of aryl methyl sites for hydroxylation is 1. The fourth-order valence-corrected chi connectivity index (χ4v) is 3.11. The fourth-order valence-electron chi connectivity index (χ4n) is 2.27. The molecule has 0 fully saturated rings. The van der Waals surface area contributed by atoms with Gasteiger partial charge in [0, 0.05) is 12.1 Å². The molecule has 0 bridgehead atoms. The van der Waals surface area contributed by atoms with Crippen molar-refractivity contribution in [1.82, 2.24) is 14.9 Å². The van der Waals surface area contributed by atoms with Gasteiger partial charge >= 0.3 is 0 Å². The number of aromatic nitrogens is 2. The van der Waals surface area contributed by atoms with Crippen LogP contribution in [0.4, 0.5) is 0 Å². The van der Waals surface area contributed by atoms with Crippen LogP contribution < -0.4 is 10.3 Å². The SMILES string of the molecule is Cc1cc(OCC(=O)N(C)Cc2nc3ccsc3c(=O)[nH]2)ccc1Cl. The van der Waals surface area contributed by atoms with Gasteiger partial charge in [-0.3, -0.25) is 9.59 Å². The van der Waals surface area contributed by atoms with Crippen LogP contribution in [0.2, 0.25) is 5.02 Å². The number of nitrogens with one attached hydrogen (secondary N) is 1. The number of rotatable bonds is 5. The first-order chi connectivity index (χ1) is 11.9. The van der Waals surface area contributed by atoms with E-state index in [2.05, 4.69) is 9.97 Å². The maximum atomic E-state index is 12.2. The monoisotopic (exact) mass is 377 g/mol. The average Bonchev–Trinajstić information content (AvgIpc) is 3.04. The lowest BCUT2D eigenvalue weighted by Gasteiger charge is -2.17. The standard InChI is InChI=1S/C17H16ClN3O3S/c1-10-7-11(3-4-12(10)18)24-9-15(22)21(2)8-14-19-13-5-6-25-16(13)17(23)20-14/h3-7H,8-9H2,1-2H3,(H,19,20,23). The molecule has 0 saturated heterocycles. The lowest BCUT2D eigenvalue weighted by Crippen LogP contribution is -2.32. The molecule has 0 unspecified atom stereocenters. The first-order valence-corrected chi connectivity index (χ1v) is 8.79. The summed E-state index contributed by atoms with van der Waals surface area (Å²) in [7, 11) is 1.64. The van der Waals surface area contributed by atoms with Crippen LogP contribution in [0.25, 0.3) is 10.2 Å². The number of ether oxygens (including phenoxy) is 1. The van der Waals surface area contributed by atoms with E-state index in [-0.39, 0.29) is 24.6 Å². The van der Waals surface area contributed by atoms with Crippen LogP contribution in [-0.2, 0) is 11.3 Å². The van der Waals surface area contributed by atoms with E-state index in [0.717, 1.165) is 5.56 Å². The molecule has 1 aromatic carbocycles. The summed E-state index contributed by atoms with van der Waals surface area (Å²) < 4.78 is 6.09. The van der Waals surface area contributed by atoms with Gasteiger partial charge < -0.3 is 14.6 Å². The van der Waals surface area contributed by atoms with Gasteiger partial charge in [-0.1, -0.05) is 11.6 Å². The quantitative estimate of drug-likeness (QED) is 0.741. The highest BCUT2D eigenvalue weighted by molar-refractivity contribution is 7.17. The van der Waals surface area contributed by atoms with Crippen LogP contribution in [0.5, 0.6) is 5.75 Å². The second kappa shape index (κ2) is 7.25. The van der Waals surface area contributed by atoms with Crippen molar-refractivity contribution in [3.63, 3.8) is 0 Å². The number of halogens is 1. The smallest absolute Gasteiger partial charge is 0.268 e. The molecular formula is C17H16ClN3O3S. The number of benzene rings is 1. The van der Waals surface area contributed by atoms with Crippen molar-refractivity contribution in [2.75, 3.05) is 13.7 Å². The highest BCUT2D eigenvalue weighted by atomic mass is 35.5. The van der Waals surface area contributed by atoms with Gasteiger partial charge in [0.05, 0.1) is 12.1 Å². The van der Waals surface area contributed by atoms with Gasteiger partial charge in [0.15, 0.2) is 6.61 Å². The summed E-state index contributed by atoms with van der Waals surface area (Å²) in [4.78, 5) is 32.7. The largest absolute Gasteiger partial charge is 0.484 e. The Morgan fingerprint density at radius 3 is 2.96 bits per heavy atom. The molecule has 0 spiro atoms. The zero-order valence-corrected chi connectivity index (χ0v) is 15.3. The third kappa shape index (κ3) is 4.00. The molecule has 0 saturated carbocycles. The molecule has 0 aliphatic rings. The number of H-pyrrole nitrogens is 1. The number of carbonyl (C=O) groups is 1. The van der Waals surface area contributed by atoms with E-state index in [1.807, 2.05) is 12.3 Å². The minimum Gasteiger partial charge on any atom is -0.484 e. The Morgan fingerprint density at radius 2 is 2.20 bits per heavy atom. The summed E-state index contributed by atoms with van der Waals surface area (Å²) in [5, 5.41) is 2.46. The van der Waals surface area contributed by atoms with Gasteiger partial charge in [-0.2, -0.15) is 0 Å². The molecule has 0 radical (unpaired) electrons. The van der Waals surface area contributed by atoms with E-state index >= 15 is 0 Å². The molecule has 1 amide bonds. The van der Waals surface area contributed by atoms with Gasteiger partial charge in [-0.15, -0.1) is 11.3 Å². The normalized spacial score (nSPS) is 10.8. The van der Waals surface area contributed by atoms with Gasteiger partial charge in [0.1, 0.15) is 16.3 Å². The second-order valence-corrected chi connectivity index (χ2v) is 6.92. The summed E-state index contributed by atoms with van der Waals surface area (Å²) in [5.41, 5.74) is 1.33. The zero-order chi connectivity index (χ0) is 18.0. The fraction of sp³-hybridized carbons (Fsp3) is 0.235. The molecule has 0 atom stereocenters. The maximum absolute atomic E-state index is 12.2. The lowest BCUT2D eigenvalue weighted by molar-refractivity contribution is -0.132. The first-order valence-electron chi connectivity index (χ1n) is 7.53. The van der Waals surface area contributed by atoms with Crippen molar-refractivity contribution in [2.24, 2.45) is 0 Å². The van der Waals surface area contributed by atoms with Crippen LogP contribution in [-0.4, -0.2) is 34.4 Å². The Kier molecular flexibility index (Phi) is 5.06. The second-order valence-electron chi connectivity index (χ2n) is 5.60. The van der Waals surface area contributed by atoms with Gasteiger partial charge in [-0.25, -0.2) is 4.98 Å². The molecular weight excluding hydrogens is 362 g/mol. The molecule has 0 aliphatic heterocycles. The number of hydrogen-bond donors (Lipinski definition) is 1. The molecule has 25 heavy (non-hydrogen) atoms. The third-order valence-electron chi connectivity index (χ3n) is 3.67. The minimum absolute atomic E-state index is 0.109. The number of amides is 1. The topological polar surface area (TPSA) is 75.3 Å². The van der Waals surface area contributed by atoms with Crippen molar-refractivity contribution in [3.05, 3.63) is 56.4 Å². The predicted octanol–water partition coefficient (Wildman–Crippen LogP) is 2.98. The third-order valence-corrected chi connectivity index (χ3v) is 4.99. The lowest BCUT2D eigenvalue weighted by atomic mass is 10.2. The Morgan fingerprint density at radius 1 is 1.40 bits per heavy atom. The van der Waals surface area contributed by atoms with Crippen molar-refractivity contribution in [1.29, 1.82) is 0 Å². The molecule has 6 nitrogen and oxygen atoms in total. The summed E-state index contributed by atoms with van der Waals surface area (Å²) >= 11 is 7.30. The number of hydrogen-bond acceptors (Lipinski definition) is 5. The number of fused-ring (bicyclic) bond motifs is 1. The Balaban J connectivity index is 1.63. The molecule has 2 heterocycles. The Labute approximate surface area is 153 Å². The summed E-state index contributed by atoms with van der Waals surface area (Å²) in [6.07, 6.45) is 0. The highest BCUT2D eigenvalue weighted by Crippen LogP contribution is 2.21. The number of aromatic amines is 1. The number of nitrogens with zero attached hydrogens (tertiary/aromatic N) is 2. The van der Waals surface area contributed by atoms with E-state index in [1.165, 1.54) is 16.2 Å². The minimum atomic E-state index is -0.222. The van der Waals surface area contributed by atoms with Gasteiger partial charge in [0.2, 0.25) is 0 Å². The van der Waals surface area contributed by atoms with Crippen LogP contribution in [0.15, 0.2) is 34.4 Å². The molecule has 0 aliphatic carbocycles. The van der Waals surface area contributed by atoms with Crippen LogP contribution in [0, 0.1) is 6.92 Å². The van der Waals surface area contributed by atoms with Crippen molar-refractivity contribution in [3.8, 4) is 5.75 Å². The summed E-state index contributed by atoms with van der Waals surface area (Å²) in [5.74, 6) is 0.796. The number of thiophene rings is 1. The Bertz CT molecular complexity index is 983. The molecule has 130 valence electrons. The predicted molar refractivity (Wildman–Crippen MR) is 98.4 cm³/mol. The van der Waals surface area contributed by atoms with Crippen molar-refractivity contribution < 1.29 is 9.53 Å². The number of carbonyl (C=O) groups excluding carboxylic acids is 1. The Hall–Kier alpha value is -2.38. The van der Waals surface area contributed by atoms with Crippen molar-refractivity contribution >= 4 is 39.1 Å². The molecule has 8 heteroatoms. The summed E-state index contributed by atoms with van der Waals surface area (Å²) in [6, 6.07) is 7.00. The molecule has 3 aromatic rings. The van der Waals surface area contributed by atoms with E-state index < -0.39 is 0 Å². The maximum Gasteiger partial charge on any atom is 0.268 e. The van der Waals surface area contributed by atoms with Crippen LogP contribution in [0.3, 0.4) is 0 Å². The first kappa shape index (κ1) is 17.4. The van der Waals surface area contributed by atoms with Gasteiger partial charge in [-0.05, 0) is 42.1 Å². The van der Waals surface area contributed by atoms with E-state index in [1.54, 1.807) is 31.3 Å².